The normalized spacial score (nSPS) is 17.7. The molecule has 1 aliphatic carbocycles. The number of likely N-dealkylation sites (tertiary alicyclic amines) is 1. The van der Waals surface area contributed by atoms with Gasteiger partial charge in [0.1, 0.15) is 0 Å². The number of nitrogens with zero attached hydrogens (tertiary/aromatic N) is 3. The zero-order chi connectivity index (χ0) is 19.9. The number of nitrogens with one attached hydrogen (secondary N) is 2. The predicted octanol–water partition coefficient (Wildman–Crippen LogP) is 2.80. The van der Waals surface area contributed by atoms with E-state index in [9.17, 15) is 4.79 Å². The van der Waals surface area contributed by atoms with E-state index in [1.807, 2.05) is 30.9 Å². The zero-order valence-electron chi connectivity index (χ0n) is 17.7. The van der Waals surface area contributed by atoms with Crippen LogP contribution in [-0.2, 0) is 11.3 Å². The lowest BCUT2D eigenvalue weighted by atomic mass is 10.0. The lowest BCUT2D eigenvalue weighted by molar-refractivity contribution is -0.135. The Morgan fingerprint density at radius 1 is 1.31 bits per heavy atom. The number of guanidine groups is 1. The molecule has 0 radical (unpaired) electrons. The van der Waals surface area contributed by atoms with E-state index in [0.717, 1.165) is 44.1 Å². The highest BCUT2D eigenvalue weighted by Gasteiger charge is 2.24. The molecule has 7 nitrogen and oxygen atoms in total. The predicted molar refractivity (Wildman–Crippen MR) is 126 cm³/mol. The average Bonchev–Trinajstić information content (AvgIpc) is 3.54. The summed E-state index contributed by atoms with van der Waals surface area (Å²) in [5.74, 6) is 2.51. The number of amides is 1. The number of aliphatic imine (C=N–C) groups is 1. The van der Waals surface area contributed by atoms with Crippen LogP contribution in [0, 0.1) is 11.8 Å². The average molecular weight is 515 g/mol. The van der Waals surface area contributed by atoms with Crippen molar-refractivity contribution in [1.29, 1.82) is 0 Å². The summed E-state index contributed by atoms with van der Waals surface area (Å²) in [5, 5.41) is 6.85. The summed E-state index contributed by atoms with van der Waals surface area (Å²) in [6, 6.07) is 4.30. The Bertz CT molecular complexity index is 685. The smallest absolute Gasteiger partial charge is 0.225 e. The van der Waals surface area contributed by atoms with Gasteiger partial charge in [0.15, 0.2) is 5.96 Å². The van der Waals surface area contributed by atoms with Crippen molar-refractivity contribution in [2.75, 3.05) is 26.7 Å². The number of carbonyl (C=O) groups excluding carboxylic acids is 1. The van der Waals surface area contributed by atoms with Gasteiger partial charge in [-0.05, 0) is 43.2 Å². The standard InChI is InChI=1S/C21H33N5O2.HI/c1-15(2)20(27)26-10-7-18(8-11-26)25-21(22-3)24-13-17-6-9-23-19(12-17)28-14-16-4-5-16;/h6,9,12,15-16,18H,4-5,7-8,10-11,13-14H2,1-3H3,(H2,22,24,25);1H. The molecule has 1 saturated carbocycles. The number of piperidine rings is 1. The van der Waals surface area contributed by atoms with Crippen LogP contribution < -0.4 is 15.4 Å². The summed E-state index contributed by atoms with van der Waals surface area (Å²) in [7, 11) is 1.78. The van der Waals surface area contributed by atoms with Crippen molar-refractivity contribution >= 4 is 35.8 Å². The SMILES string of the molecule is CN=C(NCc1ccnc(OCC2CC2)c1)NC1CCN(C(=O)C(C)C)CC1.I. The van der Waals surface area contributed by atoms with Gasteiger partial charge in [-0.1, -0.05) is 13.8 Å². The van der Waals surface area contributed by atoms with Crippen molar-refractivity contribution < 1.29 is 9.53 Å². The van der Waals surface area contributed by atoms with Crippen LogP contribution in [0.3, 0.4) is 0 Å². The lowest BCUT2D eigenvalue weighted by Crippen LogP contribution is -2.50. The first-order valence-electron chi connectivity index (χ1n) is 10.4. The summed E-state index contributed by atoms with van der Waals surface area (Å²) in [6.07, 6.45) is 6.21. The van der Waals surface area contributed by atoms with Crippen molar-refractivity contribution in [3.8, 4) is 5.88 Å². The highest BCUT2D eigenvalue weighted by atomic mass is 127. The van der Waals surface area contributed by atoms with E-state index >= 15 is 0 Å². The van der Waals surface area contributed by atoms with Crippen LogP contribution in [0.15, 0.2) is 23.3 Å². The fourth-order valence-electron chi connectivity index (χ4n) is 3.31. The molecule has 0 unspecified atom stereocenters. The van der Waals surface area contributed by atoms with Gasteiger partial charge in [0.2, 0.25) is 11.8 Å². The van der Waals surface area contributed by atoms with E-state index in [0.29, 0.717) is 24.4 Å². The molecule has 0 spiro atoms. The second-order valence-electron chi connectivity index (χ2n) is 8.08. The van der Waals surface area contributed by atoms with Gasteiger partial charge in [-0.25, -0.2) is 4.98 Å². The third-order valence-corrected chi connectivity index (χ3v) is 5.29. The first kappa shape index (κ1) is 23.7. The Labute approximate surface area is 191 Å². The molecule has 1 aromatic rings. The number of aromatic nitrogens is 1. The summed E-state index contributed by atoms with van der Waals surface area (Å²) in [6.45, 7) is 6.95. The summed E-state index contributed by atoms with van der Waals surface area (Å²) >= 11 is 0. The fourth-order valence-corrected chi connectivity index (χ4v) is 3.31. The van der Waals surface area contributed by atoms with Gasteiger partial charge in [0, 0.05) is 50.9 Å². The summed E-state index contributed by atoms with van der Waals surface area (Å²) < 4.78 is 5.75. The van der Waals surface area contributed by atoms with E-state index < -0.39 is 0 Å². The second-order valence-corrected chi connectivity index (χ2v) is 8.08. The Morgan fingerprint density at radius 2 is 2.03 bits per heavy atom. The van der Waals surface area contributed by atoms with Crippen LogP contribution in [0.4, 0.5) is 0 Å². The van der Waals surface area contributed by atoms with Crippen molar-refractivity contribution in [2.45, 2.75) is 52.1 Å². The molecule has 0 aromatic carbocycles. The molecule has 0 bridgehead atoms. The third-order valence-electron chi connectivity index (χ3n) is 5.29. The third kappa shape index (κ3) is 7.64. The van der Waals surface area contributed by atoms with Gasteiger partial charge in [-0.2, -0.15) is 0 Å². The van der Waals surface area contributed by atoms with Crippen molar-refractivity contribution in [2.24, 2.45) is 16.8 Å². The lowest BCUT2D eigenvalue weighted by Gasteiger charge is -2.34. The van der Waals surface area contributed by atoms with Crippen molar-refractivity contribution in [3.63, 3.8) is 0 Å². The number of rotatable bonds is 7. The minimum absolute atomic E-state index is 0. The van der Waals surface area contributed by atoms with E-state index in [4.69, 9.17) is 4.74 Å². The highest BCUT2D eigenvalue weighted by Crippen LogP contribution is 2.29. The molecule has 3 rings (SSSR count). The maximum absolute atomic E-state index is 12.1. The largest absolute Gasteiger partial charge is 0.477 e. The number of hydrogen-bond donors (Lipinski definition) is 2. The molecule has 1 aliphatic heterocycles. The van der Waals surface area contributed by atoms with E-state index in [-0.39, 0.29) is 35.8 Å². The van der Waals surface area contributed by atoms with Crippen LogP contribution in [0.5, 0.6) is 5.88 Å². The van der Waals surface area contributed by atoms with Gasteiger partial charge in [-0.15, -0.1) is 24.0 Å². The Kier molecular flexibility index (Phi) is 9.45. The minimum Gasteiger partial charge on any atom is -0.477 e. The molecule has 0 atom stereocenters. The quantitative estimate of drug-likeness (QED) is 0.332. The minimum atomic E-state index is 0. The molecule has 8 heteroatoms. The number of ether oxygens (including phenoxy) is 1. The molecule has 1 saturated heterocycles. The van der Waals surface area contributed by atoms with Crippen molar-refractivity contribution in [3.05, 3.63) is 23.9 Å². The molecule has 1 aromatic heterocycles. The fraction of sp³-hybridized carbons (Fsp3) is 0.667. The maximum atomic E-state index is 12.1. The van der Waals surface area contributed by atoms with Crippen LogP contribution in [0.1, 0.15) is 45.1 Å². The first-order valence-corrected chi connectivity index (χ1v) is 10.4. The van der Waals surface area contributed by atoms with Crippen LogP contribution in [0.2, 0.25) is 0 Å². The number of carbonyl (C=O) groups is 1. The number of hydrogen-bond acceptors (Lipinski definition) is 4. The van der Waals surface area contributed by atoms with Gasteiger partial charge in [0.05, 0.1) is 6.61 Å². The second kappa shape index (κ2) is 11.6. The molecule has 162 valence electrons. The Balaban J connectivity index is 0.00000300. The maximum Gasteiger partial charge on any atom is 0.225 e. The van der Waals surface area contributed by atoms with Crippen molar-refractivity contribution in [1.82, 2.24) is 20.5 Å². The topological polar surface area (TPSA) is 78.9 Å². The van der Waals surface area contributed by atoms with Gasteiger partial charge < -0.3 is 20.3 Å². The highest BCUT2D eigenvalue weighted by molar-refractivity contribution is 14.0. The van der Waals surface area contributed by atoms with E-state index in [1.54, 1.807) is 13.2 Å². The van der Waals surface area contributed by atoms with Gasteiger partial charge in [-0.3, -0.25) is 9.79 Å². The molecule has 2 aliphatic rings. The van der Waals surface area contributed by atoms with E-state index in [1.165, 1.54) is 12.8 Å². The molecule has 29 heavy (non-hydrogen) atoms. The van der Waals surface area contributed by atoms with Crippen LogP contribution in [0.25, 0.3) is 0 Å². The van der Waals surface area contributed by atoms with Crippen LogP contribution >= 0.6 is 24.0 Å². The molecule has 2 N–H and O–H groups in total. The van der Waals surface area contributed by atoms with Gasteiger partial charge in [0.25, 0.3) is 0 Å². The Morgan fingerprint density at radius 3 is 2.66 bits per heavy atom. The van der Waals surface area contributed by atoms with Crippen LogP contribution in [-0.4, -0.2) is 54.5 Å². The van der Waals surface area contributed by atoms with E-state index in [2.05, 4.69) is 20.6 Å². The summed E-state index contributed by atoms with van der Waals surface area (Å²) in [5.41, 5.74) is 1.11. The molecular weight excluding hydrogens is 481 g/mol. The molecule has 2 heterocycles. The first-order chi connectivity index (χ1) is 13.5. The molecule has 2 fully saturated rings. The zero-order valence-corrected chi connectivity index (χ0v) is 20.0. The monoisotopic (exact) mass is 515 g/mol. The number of halogens is 1. The number of pyridine rings is 1. The molecule has 1 amide bonds. The van der Waals surface area contributed by atoms with Gasteiger partial charge >= 0.3 is 0 Å². The molecular formula is C21H34IN5O2. The summed E-state index contributed by atoms with van der Waals surface area (Å²) in [4.78, 5) is 22.7. The Hall–Kier alpha value is -1.58.